The van der Waals surface area contributed by atoms with Gasteiger partial charge in [-0.2, -0.15) is 16.9 Å². The van der Waals surface area contributed by atoms with Crippen molar-refractivity contribution < 1.29 is 4.79 Å². The molecular weight excluding hydrogens is 284 g/mol. The van der Waals surface area contributed by atoms with Gasteiger partial charge in [-0.25, -0.2) is 0 Å². The van der Waals surface area contributed by atoms with Gasteiger partial charge in [-0.3, -0.25) is 9.48 Å². The summed E-state index contributed by atoms with van der Waals surface area (Å²) in [6.45, 7) is 4.91. The first-order valence-corrected chi connectivity index (χ1v) is 8.91. The van der Waals surface area contributed by atoms with Crippen LogP contribution >= 0.6 is 11.8 Å². The lowest BCUT2D eigenvalue weighted by Gasteiger charge is -2.28. The van der Waals surface area contributed by atoms with Crippen LogP contribution in [0.3, 0.4) is 0 Å². The van der Waals surface area contributed by atoms with Gasteiger partial charge in [0.25, 0.3) is 0 Å². The number of nitrogens with two attached hydrogens (primary N) is 1. The number of aromatic nitrogens is 2. The minimum absolute atomic E-state index is 0.0919. The van der Waals surface area contributed by atoms with Gasteiger partial charge in [0, 0.05) is 24.8 Å². The van der Waals surface area contributed by atoms with Crippen LogP contribution in [0, 0.1) is 13.8 Å². The van der Waals surface area contributed by atoms with E-state index in [4.69, 9.17) is 5.73 Å². The SMILES string of the molecule is CSCC[C@H](N)C(=O)N1CCC[C@H]1c1c(C)nn(C)c1C. The number of carbonyl (C=O) groups excluding carboxylic acids is 1. The maximum absolute atomic E-state index is 12.6. The monoisotopic (exact) mass is 310 g/mol. The fourth-order valence-electron chi connectivity index (χ4n) is 3.18. The highest BCUT2D eigenvalue weighted by Crippen LogP contribution is 2.35. The summed E-state index contributed by atoms with van der Waals surface area (Å²) < 4.78 is 1.90. The second kappa shape index (κ2) is 6.83. The van der Waals surface area contributed by atoms with Crippen LogP contribution in [-0.4, -0.2) is 45.2 Å². The maximum Gasteiger partial charge on any atom is 0.240 e. The molecule has 1 aliphatic heterocycles. The van der Waals surface area contributed by atoms with Gasteiger partial charge in [0.15, 0.2) is 0 Å². The Labute approximate surface area is 131 Å². The molecule has 21 heavy (non-hydrogen) atoms. The first-order valence-electron chi connectivity index (χ1n) is 7.52. The number of amides is 1. The van der Waals surface area contributed by atoms with Crippen molar-refractivity contribution in [3.8, 4) is 0 Å². The van der Waals surface area contributed by atoms with Gasteiger partial charge in [0.2, 0.25) is 5.91 Å². The Balaban J connectivity index is 2.18. The summed E-state index contributed by atoms with van der Waals surface area (Å²) in [5.74, 6) is 1.02. The van der Waals surface area contributed by atoms with E-state index in [1.807, 2.05) is 29.8 Å². The Hall–Kier alpha value is -1.01. The van der Waals surface area contributed by atoms with E-state index < -0.39 is 0 Å². The number of nitrogens with zero attached hydrogens (tertiary/aromatic N) is 3. The molecule has 0 aromatic carbocycles. The zero-order chi connectivity index (χ0) is 15.6. The summed E-state index contributed by atoms with van der Waals surface area (Å²) in [6, 6.07) is -0.234. The van der Waals surface area contributed by atoms with Gasteiger partial charge in [0.05, 0.1) is 17.8 Å². The Kier molecular flexibility index (Phi) is 5.32. The molecule has 1 aliphatic rings. The van der Waals surface area contributed by atoms with E-state index in [1.54, 1.807) is 11.8 Å². The molecule has 2 rings (SSSR count). The average molecular weight is 310 g/mol. The van der Waals surface area contributed by atoms with Crippen LogP contribution in [-0.2, 0) is 11.8 Å². The van der Waals surface area contributed by atoms with Crippen LogP contribution < -0.4 is 5.73 Å². The quantitative estimate of drug-likeness (QED) is 0.900. The molecule has 1 saturated heterocycles. The topological polar surface area (TPSA) is 64.2 Å². The molecule has 5 nitrogen and oxygen atoms in total. The van der Waals surface area contributed by atoms with E-state index in [0.29, 0.717) is 0 Å². The molecule has 0 saturated carbocycles. The normalized spacial score (nSPS) is 20.0. The van der Waals surface area contributed by atoms with Crippen LogP contribution in [0.5, 0.6) is 0 Å². The summed E-state index contributed by atoms with van der Waals surface area (Å²) in [5.41, 5.74) is 9.46. The van der Waals surface area contributed by atoms with Crippen LogP contribution in [0.15, 0.2) is 0 Å². The molecule has 0 spiro atoms. The molecule has 0 bridgehead atoms. The van der Waals surface area contributed by atoms with Crippen molar-refractivity contribution in [2.45, 2.75) is 45.2 Å². The van der Waals surface area contributed by atoms with Crippen LogP contribution in [0.2, 0.25) is 0 Å². The lowest BCUT2D eigenvalue weighted by molar-refractivity contribution is -0.133. The predicted octanol–water partition coefficient (Wildman–Crippen LogP) is 1.78. The number of thioether (sulfide) groups is 1. The van der Waals surface area contributed by atoms with Gasteiger partial charge >= 0.3 is 0 Å². The number of carbonyl (C=O) groups is 1. The van der Waals surface area contributed by atoms with Gasteiger partial charge in [-0.15, -0.1) is 0 Å². The molecule has 2 heterocycles. The minimum Gasteiger partial charge on any atom is -0.334 e. The van der Waals surface area contributed by atoms with Crippen molar-refractivity contribution in [1.82, 2.24) is 14.7 Å². The first kappa shape index (κ1) is 16.4. The van der Waals surface area contributed by atoms with E-state index in [0.717, 1.165) is 42.9 Å². The Bertz CT molecular complexity index is 514. The summed E-state index contributed by atoms with van der Waals surface area (Å²) in [4.78, 5) is 14.6. The Morgan fingerprint density at radius 1 is 1.52 bits per heavy atom. The van der Waals surface area contributed by atoms with Gasteiger partial charge < -0.3 is 10.6 Å². The van der Waals surface area contributed by atoms with Crippen molar-refractivity contribution in [3.63, 3.8) is 0 Å². The van der Waals surface area contributed by atoms with Crippen molar-refractivity contribution >= 4 is 17.7 Å². The Morgan fingerprint density at radius 3 is 2.81 bits per heavy atom. The summed E-state index contributed by atoms with van der Waals surface area (Å²) >= 11 is 1.73. The lowest BCUT2D eigenvalue weighted by atomic mass is 10.0. The molecule has 2 atom stereocenters. The third-order valence-corrected chi connectivity index (χ3v) is 5.03. The fourth-order valence-corrected chi connectivity index (χ4v) is 3.67. The van der Waals surface area contributed by atoms with E-state index in [2.05, 4.69) is 12.0 Å². The highest BCUT2D eigenvalue weighted by atomic mass is 32.2. The number of hydrogen-bond acceptors (Lipinski definition) is 4. The van der Waals surface area contributed by atoms with Gasteiger partial charge in [0.1, 0.15) is 0 Å². The third kappa shape index (κ3) is 3.26. The molecule has 0 radical (unpaired) electrons. The molecular formula is C15H26N4OS. The van der Waals surface area contributed by atoms with E-state index in [-0.39, 0.29) is 18.0 Å². The molecule has 118 valence electrons. The number of likely N-dealkylation sites (tertiary alicyclic amines) is 1. The van der Waals surface area contributed by atoms with Gasteiger partial charge in [-0.1, -0.05) is 0 Å². The summed E-state index contributed by atoms with van der Waals surface area (Å²) in [7, 11) is 1.96. The van der Waals surface area contributed by atoms with Crippen LogP contribution in [0.25, 0.3) is 0 Å². The van der Waals surface area contributed by atoms with Gasteiger partial charge in [-0.05, 0) is 45.1 Å². The summed E-state index contributed by atoms with van der Waals surface area (Å²) in [5, 5.41) is 4.49. The number of rotatable bonds is 5. The molecule has 1 aromatic rings. The van der Waals surface area contributed by atoms with Crippen LogP contribution in [0.1, 0.15) is 42.3 Å². The molecule has 1 amide bonds. The van der Waals surface area contributed by atoms with E-state index >= 15 is 0 Å². The molecule has 0 aliphatic carbocycles. The van der Waals surface area contributed by atoms with E-state index in [9.17, 15) is 4.79 Å². The number of aryl methyl sites for hydroxylation is 2. The largest absolute Gasteiger partial charge is 0.334 e. The van der Waals surface area contributed by atoms with Crippen LogP contribution in [0.4, 0.5) is 0 Å². The summed E-state index contributed by atoms with van der Waals surface area (Å²) in [6.07, 6.45) is 4.83. The minimum atomic E-state index is -0.379. The second-order valence-corrected chi connectivity index (χ2v) is 6.77. The smallest absolute Gasteiger partial charge is 0.240 e. The highest BCUT2D eigenvalue weighted by Gasteiger charge is 2.35. The highest BCUT2D eigenvalue weighted by molar-refractivity contribution is 7.98. The van der Waals surface area contributed by atoms with Crippen molar-refractivity contribution in [3.05, 3.63) is 17.0 Å². The van der Waals surface area contributed by atoms with Crippen molar-refractivity contribution in [1.29, 1.82) is 0 Å². The third-order valence-electron chi connectivity index (χ3n) is 4.38. The van der Waals surface area contributed by atoms with Crippen molar-refractivity contribution in [2.24, 2.45) is 12.8 Å². The van der Waals surface area contributed by atoms with E-state index in [1.165, 1.54) is 5.56 Å². The Morgan fingerprint density at radius 2 is 2.24 bits per heavy atom. The first-order chi connectivity index (χ1) is 9.97. The fraction of sp³-hybridized carbons (Fsp3) is 0.733. The predicted molar refractivity (Wildman–Crippen MR) is 87.3 cm³/mol. The molecule has 0 unspecified atom stereocenters. The zero-order valence-electron chi connectivity index (χ0n) is 13.4. The molecule has 6 heteroatoms. The molecule has 2 N–H and O–H groups in total. The second-order valence-electron chi connectivity index (χ2n) is 5.79. The standard InChI is InChI=1S/C15H26N4OS/c1-10-14(11(2)18(3)17-10)13-6-5-8-19(13)15(20)12(16)7-9-21-4/h12-13H,5-9,16H2,1-4H3/t12-,13-/m0/s1. The maximum atomic E-state index is 12.6. The zero-order valence-corrected chi connectivity index (χ0v) is 14.2. The average Bonchev–Trinajstić information content (AvgIpc) is 3.01. The lowest BCUT2D eigenvalue weighted by Crippen LogP contribution is -2.43. The van der Waals surface area contributed by atoms with Crippen molar-refractivity contribution in [2.75, 3.05) is 18.6 Å². The number of hydrogen-bond donors (Lipinski definition) is 1. The molecule has 1 fully saturated rings. The molecule has 1 aromatic heterocycles.